The maximum absolute atomic E-state index is 11.9. The molecule has 1 amide bonds. The van der Waals surface area contributed by atoms with Crippen LogP contribution in [-0.2, 0) is 9.59 Å². The van der Waals surface area contributed by atoms with Crippen molar-refractivity contribution in [3.8, 4) is 0 Å². The number of carbonyl (C=O) groups excluding carboxylic acids is 1. The summed E-state index contributed by atoms with van der Waals surface area (Å²) in [5.74, 6) is -1.74. The fraction of sp³-hybridized carbons (Fsp3) is 0.846. The van der Waals surface area contributed by atoms with E-state index in [1.807, 2.05) is 0 Å². The molecule has 1 rings (SSSR count). The summed E-state index contributed by atoms with van der Waals surface area (Å²) in [5, 5.41) is 11.9. The lowest BCUT2D eigenvalue weighted by atomic mass is 9.89. The third kappa shape index (κ3) is 3.72. The van der Waals surface area contributed by atoms with Crippen LogP contribution in [-0.4, -0.2) is 23.5 Å². The van der Waals surface area contributed by atoms with Gasteiger partial charge in [-0.25, -0.2) is 0 Å². The topological polar surface area (TPSA) is 66.4 Å². The zero-order valence-electron chi connectivity index (χ0n) is 11.0. The fourth-order valence-corrected chi connectivity index (χ4v) is 2.15. The zero-order chi connectivity index (χ0) is 13.1. The molecule has 1 aliphatic carbocycles. The summed E-state index contributed by atoms with van der Waals surface area (Å²) in [6.45, 7) is 6.89. The molecule has 2 unspecified atom stereocenters. The highest BCUT2D eigenvalue weighted by Crippen LogP contribution is 2.32. The summed E-state index contributed by atoms with van der Waals surface area (Å²) < 4.78 is 0. The molecule has 1 fully saturated rings. The smallest absolute Gasteiger partial charge is 0.307 e. The predicted molar refractivity (Wildman–Crippen MR) is 65.5 cm³/mol. The molecule has 0 aromatic carbocycles. The number of amides is 1. The zero-order valence-corrected chi connectivity index (χ0v) is 11.0. The van der Waals surface area contributed by atoms with Gasteiger partial charge in [-0.2, -0.15) is 0 Å². The van der Waals surface area contributed by atoms with Crippen LogP contribution < -0.4 is 5.32 Å². The van der Waals surface area contributed by atoms with Gasteiger partial charge in [0, 0.05) is 6.54 Å². The van der Waals surface area contributed by atoms with Gasteiger partial charge in [-0.15, -0.1) is 0 Å². The molecule has 0 saturated heterocycles. The maximum atomic E-state index is 11.9. The van der Waals surface area contributed by atoms with Crippen LogP contribution in [0, 0.1) is 17.3 Å². The minimum Gasteiger partial charge on any atom is -0.481 e. The molecule has 2 N–H and O–H groups in total. The van der Waals surface area contributed by atoms with Crippen molar-refractivity contribution in [2.24, 2.45) is 17.3 Å². The number of carboxylic acids is 1. The predicted octanol–water partition coefficient (Wildman–Crippen LogP) is 2.04. The van der Waals surface area contributed by atoms with Gasteiger partial charge < -0.3 is 10.4 Å². The second-order valence-corrected chi connectivity index (χ2v) is 5.72. The largest absolute Gasteiger partial charge is 0.481 e. The van der Waals surface area contributed by atoms with Crippen LogP contribution in [0.25, 0.3) is 0 Å². The van der Waals surface area contributed by atoms with Gasteiger partial charge in [0.25, 0.3) is 0 Å². The number of rotatable bonds is 5. The Morgan fingerprint density at radius 2 is 1.88 bits per heavy atom. The molecule has 1 aliphatic rings. The SMILES string of the molecule is CCC(C)(C)CNC(=O)C1CCCC1C(=O)O. The minimum absolute atomic E-state index is 0.0764. The second-order valence-electron chi connectivity index (χ2n) is 5.72. The van der Waals surface area contributed by atoms with Crippen molar-refractivity contribution < 1.29 is 14.7 Å². The molecule has 1 saturated carbocycles. The number of carbonyl (C=O) groups is 2. The summed E-state index contributed by atoms with van der Waals surface area (Å²) in [6.07, 6.45) is 3.16. The lowest BCUT2D eigenvalue weighted by molar-refractivity contribution is -0.146. The lowest BCUT2D eigenvalue weighted by Gasteiger charge is -2.24. The van der Waals surface area contributed by atoms with Gasteiger partial charge >= 0.3 is 5.97 Å². The summed E-state index contributed by atoms with van der Waals surface area (Å²) >= 11 is 0. The number of carboxylic acid groups (broad SMARTS) is 1. The molecule has 4 heteroatoms. The van der Waals surface area contributed by atoms with Crippen molar-refractivity contribution in [3.63, 3.8) is 0 Å². The summed E-state index contributed by atoms with van der Waals surface area (Å²) in [5.41, 5.74) is 0.0764. The third-order valence-corrected chi connectivity index (χ3v) is 3.87. The van der Waals surface area contributed by atoms with Crippen LogP contribution in [0.3, 0.4) is 0 Å². The van der Waals surface area contributed by atoms with E-state index in [0.717, 1.165) is 12.8 Å². The van der Waals surface area contributed by atoms with E-state index in [9.17, 15) is 9.59 Å². The van der Waals surface area contributed by atoms with Crippen molar-refractivity contribution in [2.75, 3.05) is 6.54 Å². The molecule has 0 aliphatic heterocycles. The molecule has 0 radical (unpaired) electrons. The Hall–Kier alpha value is -1.06. The Kier molecular flexibility index (Phi) is 4.54. The van der Waals surface area contributed by atoms with E-state index in [0.29, 0.717) is 19.4 Å². The van der Waals surface area contributed by atoms with Crippen LogP contribution in [0.5, 0.6) is 0 Å². The van der Waals surface area contributed by atoms with Gasteiger partial charge in [0.1, 0.15) is 0 Å². The van der Waals surface area contributed by atoms with Crippen LogP contribution >= 0.6 is 0 Å². The van der Waals surface area contributed by atoms with Gasteiger partial charge in [0.2, 0.25) is 5.91 Å². The normalized spacial score (nSPS) is 24.6. The van der Waals surface area contributed by atoms with Crippen molar-refractivity contribution in [1.82, 2.24) is 5.32 Å². The molecule has 2 atom stereocenters. The van der Waals surface area contributed by atoms with E-state index in [1.165, 1.54) is 0 Å². The van der Waals surface area contributed by atoms with E-state index in [4.69, 9.17) is 5.11 Å². The van der Waals surface area contributed by atoms with E-state index >= 15 is 0 Å². The fourth-order valence-electron chi connectivity index (χ4n) is 2.15. The van der Waals surface area contributed by atoms with E-state index in [1.54, 1.807) is 0 Å². The first-order valence-electron chi connectivity index (χ1n) is 6.38. The van der Waals surface area contributed by atoms with E-state index in [2.05, 4.69) is 26.1 Å². The van der Waals surface area contributed by atoms with Gasteiger partial charge in [-0.1, -0.05) is 27.2 Å². The van der Waals surface area contributed by atoms with Crippen molar-refractivity contribution in [2.45, 2.75) is 46.5 Å². The van der Waals surface area contributed by atoms with Crippen LogP contribution in [0.1, 0.15) is 46.5 Å². The van der Waals surface area contributed by atoms with E-state index in [-0.39, 0.29) is 17.2 Å². The number of hydrogen-bond donors (Lipinski definition) is 2. The first kappa shape index (κ1) is 14.0. The highest BCUT2D eigenvalue weighted by molar-refractivity contribution is 5.85. The molecule has 98 valence electrons. The monoisotopic (exact) mass is 241 g/mol. The Balaban J connectivity index is 2.50. The Morgan fingerprint density at radius 3 is 2.41 bits per heavy atom. The Bertz CT molecular complexity index is 299. The van der Waals surface area contributed by atoms with Crippen molar-refractivity contribution >= 4 is 11.9 Å². The van der Waals surface area contributed by atoms with Crippen LogP contribution in [0.4, 0.5) is 0 Å². The molecular weight excluding hydrogens is 218 g/mol. The number of aliphatic carboxylic acids is 1. The number of nitrogens with one attached hydrogen (secondary N) is 1. The molecule has 0 aromatic heterocycles. The average Bonchev–Trinajstić information content (AvgIpc) is 2.75. The molecular formula is C13H23NO3. The first-order chi connectivity index (χ1) is 7.87. The summed E-state index contributed by atoms with van der Waals surface area (Å²) in [6, 6.07) is 0. The van der Waals surface area contributed by atoms with Crippen LogP contribution in [0.2, 0.25) is 0 Å². The van der Waals surface area contributed by atoms with Gasteiger partial charge in [-0.3, -0.25) is 9.59 Å². The van der Waals surface area contributed by atoms with Crippen molar-refractivity contribution in [1.29, 1.82) is 0 Å². The third-order valence-electron chi connectivity index (χ3n) is 3.87. The Labute approximate surface area is 103 Å². The molecule has 17 heavy (non-hydrogen) atoms. The highest BCUT2D eigenvalue weighted by Gasteiger charge is 2.37. The quantitative estimate of drug-likeness (QED) is 0.774. The Morgan fingerprint density at radius 1 is 1.29 bits per heavy atom. The lowest BCUT2D eigenvalue weighted by Crippen LogP contribution is -2.39. The van der Waals surface area contributed by atoms with Gasteiger partial charge in [0.05, 0.1) is 11.8 Å². The number of hydrogen-bond acceptors (Lipinski definition) is 2. The summed E-state index contributed by atoms with van der Waals surface area (Å²) in [7, 11) is 0. The molecule has 0 spiro atoms. The standard InChI is InChI=1S/C13H23NO3/c1-4-13(2,3)8-14-11(15)9-6-5-7-10(9)12(16)17/h9-10H,4-8H2,1-3H3,(H,14,15)(H,16,17). The summed E-state index contributed by atoms with van der Waals surface area (Å²) in [4.78, 5) is 22.9. The molecule has 4 nitrogen and oxygen atoms in total. The second kappa shape index (κ2) is 5.52. The first-order valence-corrected chi connectivity index (χ1v) is 6.38. The highest BCUT2D eigenvalue weighted by atomic mass is 16.4. The van der Waals surface area contributed by atoms with Crippen molar-refractivity contribution in [3.05, 3.63) is 0 Å². The van der Waals surface area contributed by atoms with Gasteiger partial charge in [-0.05, 0) is 24.7 Å². The van der Waals surface area contributed by atoms with Gasteiger partial charge in [0.15, 0.2) is 0 Å². The minimum atomic E-state index is -0.836. The average molecular weight is 241 g/mol. The van der Waals surface area contributed by atoms with Crippen LogP contribution in [0.15, 0.2) is 0 Å². The maximum Gasteiger partial charge on any atom is 0.307 e. The van der Waals surface area contributed by atoms with E-state index < -0.39 is 11.9 Å². The molecule has 0 heterocycles. The molecule has 0 bridgehead atoms. The molecule has 0 aromatic rings.